The number of ether oxygens (including phenoxy) is 1. The molecule has 1 aromatic heterocycles. The van der Waals surface area contributed by atoms with Crippen LogP contribution < -0.4 is 10.6 Å². The number of carbonyl (C=O) groups excluding carboxylic acids is 1. The molecule has 0 bridgehead atoms. The predicted molar refractivity (Wildman–Crippen MR) is 121 cm³/mol. The minimum Gasteiger partial charge on any atom is -0.449 e. The molecule has 0 spiro atoms. The Morgan fingerprint density at radius 3 is 2.28 bits per heavy atom. The highest BCUT2D eigenvalue weighted by molar-refractivity contribution is 6.31. The van der Waals surface area contributed by atoms with Crippen LogP contribution in [-0.2, 0) is 15.7 Å². The minimum absolute atomic E-state index is 0.108. The Hall–Kier alpha value is -3.54. The molecule has 36 heavy (non-hydrogen) atoms. The van der Waals surface area contributed by atoms with E-state index in [4.69, 9.17) is 11.6 Å². The topological polar surface area (TPSA) is 76.1 Å². The molecule has 0 fully saturated rings. The van der Waals surface area contributed by atoms with Gasteiger partial charge < -0.3 is 15.4 Å². The number of nitrogens with one attached hydrogen (secondary N) is 2. The van der Waals surface area contributed by atoms with Crippen molar-refractivity contribution in [3.63, 3.8) is 0 Å². The smallest absolute Gasteiger partial charge is 0.449 e. The fraction of sp³-hybridized carbons (Fsp3) is 0.261. The monoisotopic (exact) mass is 532 g/mol. The van der Waals surface area contributed by atoms with Gasteiger partial charge in [0.15, 0.2) is 0 Å². The van der Waals surface area contributed by atoms with Crippen molar-refractivity contribution in [2.45, 2.75) is 25.4 Å². The molecular weight excluding hydrogens is 514 g/mol. The number of benzene rings is 2. The van der Waals surface area contributed by atoms with Crippen LogP contribution in [0.1, 0.15) is 24.2 Å². The van der Waals surface area contributed by atoms with Crippen LogP contribution in [0.3, 0.4) is 0 Å². The summed E-state index contributed by atoms with van der Waals surface area (Å²) in [6.07, 6.45) is -11.1. The average Bonchev–Trinajstić information content (AvgIpc) is 2.80. The number of alkyl halides is 6. The predicted octanol–water partition coefficient (Wildman–Crippen LogP) is 6.51. The van der Waals surface area contributed by atoms with Crippen LogP contribution in [0.15, 0.2) is 54.6 Å². The van der Waals surface area contributed by atoms with E-state index in [0.29, 0.717) is 12.1 Å². The van der Waals surface area contributed by atoms with Crippen LogP contribution in [0.25, 0.3) is 11.3 Å². The Labute approximate surface area is 206 Å². The molecule has 3 rings (SSSR count). The first kappa shape index (κ1) is 27.1. The molecule has 0 unspecified atom stereocenters. The molecule has 0 aliphatic heterocycles. The molecule has 1 atom stereocenters. The quantitative estimate of drug-likeness (QED) is 0.254. The lowest BCUT2D eigenvalue weighted by atomic mass is 10.1. The van der Waals surface area contributed by atoms with E-state index in [9.17, 15) is 31.1 Å². The maximum absolute atomic E-state index is 13.1. The van der Waals surface area contributed by atoms with Crippen LogP contribution in [0.2, 0.25) is 5.02 Å². The van der Waals surface area contributed by atoms with Crippen molar-refractivity contribution in [1.82, 2.24) is 9.97 Å². The summed E-state index contributed by atoms with van der Waals surface area (Å²) in [5.41, 5.74) is -0.258. The van der Waals surface area contributed by atoms with Gasteiger partial charge in [-0.2, -0.15) is 31.3 Å². The Bertz CT molecular complexity index is 1210. The number of halogens is 7. The van der Waals surface area contributed by atoms with Crippen molar-refractivity contribution in [3.05, 3.63) is 70.7 Å². The molecule has 1 heterocycles. The molecule has 2 N–H and O–H groups in total. The Morgan fingerprint density at radius 1 is 1.00 bits per heavy atom. The second-order valence-corrected chi connectivity index (χ2v) is 7.78. The largest absolute Gasteiger partial charge is 0.490 e. The highest BCUT2D eigenvalue weighted by atomic mass is 35.5. The van der Waals surface area contributed by atoms with E-state index < -0.39 is 35.0 Å². The van der Waals surface area contributed by atoms with Gasteiger partial charge in [0, 0.05) is 18.2 Å². The summed E-state index contributed by atoms with van der Waals surface area (Å²) in [6.45, 7) is 1.88. The molecule has 192 valence electrons. The van der Waals surface area contributed by atoms with E-state index in [2.05, 4.69) is 25.3 Å². The highest BCUT2D eigenvalue weighted by Gasteiger charge is 2.42. The van der Waals surface area contributed by atoms with Gasteiger partial charge in [0.1, 0.15) is 11.9 Å². The highest BCUT2D eigenvalue weighted by Crippen LogP contribution is 2.37. The molecule has 0 aliphatic rings. The van der Waals surface area contributed by atoms with Crippen LogP contribution in [0.4, 0.5) is 38.1 Å². The molecule has 0 saturated carbocycles. The van der Waals surface area contributed by atoms with Crippen LogP contribution in [0, 0.1) is 0 Å². The third kappa shape index (κ3) is 7.00. The maximum Gasteiger partial charge on any atom is 0.490 e. The van der Waals surface area contributed by atoms with Gasteiger partial charge in [0.2, 0.25) is 5.95 Å². The van der Waals surface area contributed by atoms with E-state index in [1.807, 2.05) is 0 Å². The third-order valence-corrected chi connectivity index (χ3v) is 5.06. The van der Waals surface area contributed by atoms with E-state index in [1.165, 1.54) is 24.3 Å². The lowest BCUT2D eigenvalue weighted by Crippen LogP contribution is -2.29. The van der Waals surface area contributed by atoms with Crippen molar-refractivity contribution >= 4 is 29.3 Å². The Kier molecular flexibility index (Phi) is 8.28. The average molecular weight is 533 g/mol. The molecule has 3 aromatic rings. The lowest BCUT2D eigenvalue weighted by Gasteiger charge is -2.20. The van der Waals surface area contributed by atoms with Crippen LogP contribution in [-0.4, -0.2) is 35.2 Å². The second kappa shape index (κ2) is 11.0. The van der Waals surface area contributed by atoms with Gasteiger partial charge in [-0.05, 0) is 24.6 Å². The van der Waals surface area contributed by atoms with Crippen molar-refractivity contribution < 1.29 is 35.9 Å². The number of nitrogens with zero attached hydrogens (tertiary/aromatic N) is 2. The number of anilines is 2. The van der Waals surface area contributed by atoms with Gasteiger partial charge in [0.05, 0.1) is 22.8 Å². The normalized spacial score (nSPS) is 12.7. The molecule has 13 heteroatoms. The third-order valence-electron chi connectivity index (χ3n) is 4.75. The fourth-order valence-electron chi connectivity index (χ4n) is 3.12. The number of carbonyl (C=O) groups is 1. The first-order valence-corrected chi connectivity index (χ1v) is 10.8. The van der Waals surface area contributed by atoms with E-state index in [-0.39, 0.29) is 29.6 Å². The van der Waals surface area contributed by atoms with Gasteiger partial charge in [-0.15, -0.1) is 0 Å². The number of aromatic nitrogens is 2. The van der Waals surface area contributed by atoms with Crippen molar-refractivity contribution in [2.24, 2.45) is 0 Å². The number of esters is 1. The molecule has 0 radical (unpaired) electrons. The standard InChI is InChI=1S/C23H19ClF6N4O2/c1-2-31-21-33-17(14-8-9-15(16(24)10-14)22(25,26)27)11-19(34-21)32-12-18(13-6-4-3-5-7-13)36-20(35)23(28,29)30/h3-11,18H,2,12H2,1H3,(H2,31,32,33,34)/t18-/m0/s1. The van der Waals surface area contributed by atoms with Crippen LogP contribution >= 0.6 is 11.6 Å². The fourth-order valence-corrected chi connectivity index (χ4v) is 3.40. The summed E-state index contributed by atoms with van der Waals surface area (Å²) >= 11 is 5.83. The van der Waals surface area contributed by atoms with Gasteiger partial charge in [-0.25, -0.2) is 9.78 Å². The Balaban J connectivity index is 1.91. The molecule has 0 aliphatic carbocycles. The second-order valence-electron chi connectivity index (χ2n) is 7.37. The van der Waals surface area contributed by atoms with E-state index >= 15 is 0 Å². The van der Waals surface area contributed by atoms with Crippen molar-refractivity contribution in [1.29, 1.82) is 0 Å². The minimum atomic E-state index is -5.19. The summed E-state index contributed by atoms with van der Waals surface area (Å²) in [4.78, 5) is 19.9. The molecule has 0 saturated heterocycles. The zero-order valence-corrected chi connectivity index (χ0v) is 19.3. The van der Waals surface area contributed by atoms with Gasteiger partial charge in [-0.1, -0.05) is 48.0 Å². The molecule has 2 aromatic carbocycles. The number of rotatable bonds is 8. The zero-order valence-electron chi connectivity index (χ0n) is 18.5. The number of hydrogen-bond donors (Lipinski definition) is 2. The molecule has 6 nitrogen and oxygen atoms in total. The summed E-state index contributed by atoms with van der Waals surface area (Å²) in [7, 11) is 0. The SMILES string of the molecule is CCNc1nc(NC[C@H](OC(=O)C(F)(F)F)c2ccccc2)cc(-c2ccc(C(F)(F)F)c(Cl)c2)n1. The van der Waals surface area contributed by atoms with Gasteiger partial charge in [0.25, 0.3) is 0 Å². The zero-order chi connectivity index (χ0) is 26.5. The maximum atomic E-state index is 13.1. The summed E-state index contributed by atoms with van der Waals surface area (Å²) in [6, 6.07) is 12.3. The summed E-state index contributed by atoms with van der Waals surface area (Å²) < 4.78 is 82.2. The molecular formula is C23H19ClF6N4O2. The summed E-state index contributed by atoms with van der Waals surface area (Å²) in [5.74, 6) is -2.12. The van der Waals surface area contributed by atoms with E-state index in [1.54, 1.807) is 25.1 Å². The number of hydrogen-bond acceptors (Lipinski definition) is 6. The van der Waals surface area contributed by atoms with Gasteiger partial charge >= 0.3 is 18.3 Å². The van der Waals surface area contributed by atoms with Crippen molar-refractivity contribution in [2.75, 3.05) is 23.7 Å². The first-order chi connectivity index (χ1) is 16.9. The molecule has 0 amide bonds. The summed E-state index contributed by atoms with van der Waals surface area (Å²) in [5, 5.41) is 5.15. The van der Waals surface area contributed by atoms with Gasteiger partial charge in [-0.3, -0.25) is 0 Å². The first-order valence-electron chi connectivity index (χ1n) is 10.4. The van der Waals surface area contributed by atoms with Crippen LogP contribution in [0.5, 0.6) is 0 Å². The van der Waals surface area contributed by atoms with Crippen molar-refractivity contribution in [3.8, 4) is 11.3 Å². The Morgan fingerprint density at radius 2 is 1.69 bits per heavy atom. The lowest BCUT2D eigenvalue weighted by molar-refractivity contribution is -0.204. The van der Waals surface area contributed by atoms with E-state index in [0.717, 1.165) is 12.1 Å².